The van der Waals surface area contributed by atoms with Crippen LogP contribution >= 0.6 is 0 Å². The van der Waals surface area contributed by atoms with Crippen LogP contribution < -0.4 is 0 Å². The van der Waals surface area contributed by atoms with Crippen LogP contribution in [0.2, 0.25) is 0 Å². The minimum Gasteiger partial charge on any atom is -0.248 e. The Hall–Kier alpha value is -3.35. The van der Waals surface area contributed by atoms with Gasteiger partial charge in [0.15, 0.2) is 5.82 Å². The average molecular weight is 359 g/mol. The molecule has 7 heteroatoms. The van der Waals surface area contributed by atoms with Gasteiger partial charge in [-0.05, 0) is 28.3 Å². The first kappa shape index (κ1) is 17.1. The molecule has 0 atom stereocenters. The number of hydrogen-bond donors (Lipinski definition) is 1. The molecule has 4 rings (SSSR count). The molecule has 0 aliphatic heterocycles. The van der Waals surface area contributed by atoms with Crippen LogP contribution in [0, 0.1) is 0 Å². The summed E-state index contributed by atoms with van der Waals surface area (Å²) in [7, 11) is 0. The first-order chi connectivity index (χ1) is 13.2. The molecule has 7 nitrogen and oxygen atoms in total. The van der Waals surface area contributed by atoms with Crippen LogP contribution in [0.15, 0.2) is 54.9 Å². The van der Waals surface area contributed by atoms with E-state index in [4.69, 9.17) is 0 Å². The Bertz CT molecular complexity index is 1000. The maximum absolute atomic E-state index is 4.52. The van der Waals surface area contributed by atoms with Crippen molar-refractivity contribution >= 4 is 0 Å². The molecule has 0 amide bonds. The second-order valence-corrected chi connectivity index (χ2v) is 6.84. The fraction of sp³-hybridized carbons (Fsp3) is 0.250. The van der Waals surface area contributed by atoms with Gasteiger partial charge in [0.25, 0.3) is 0 Å². The Kier molecular flexibility index (Phi) is 4.74. The predicted octanol–water partition coefficient (Wildman–Crippen LogP) is 3.22. The molecule has 0 aliphatic carbocycles. The van der Waals surface area contributed by atoms with E-state index < -0.39 is 0 Å². The fourth-order valence-corrected chi connectivity index (χ4v) is 2.99. The predicted molar refractivity (Wildman–Crippen MR) is 102 cm³/mol. The Balaban J connectivity index is 1.49. The molecule has 0 saturated heterocycles. The summed E-state index contributed by atoms with van der Waals surface area (Å²) in [5, 5.41) is 18.9. The van der Waals surface area contributed by atoms with Crippen LogP contribution in [0.5, 0.6) is 0 Å². The van der Waals surface area contributed by atoms with Crippen LogP contribution in [-0.4, -0.2) is 35.4 Å². The Morgan fingerprint density at radius 2 is 1.78 bits per heavy atom. The molecule has 0 unspecified atom stereocenters. The summed E-state index contributed by atoms with van der Waals surface area (Å²) in [6.45, 7) is 4.92. The average Bonchev–Trinajstić information content (AvgIpc) is 3.36. The maximum atomic E-state index is 4.52. The molecule has 0 fully saturated rings. The van der Waals surface area contributed by atoms with Gasteiger partial charge in [0.1, 0.15) is 6.33 Å². The number of nitrogens with one attached hydrogen (secondary N) is 1. The minimum absolute atomic E-state index is 0.341. The lowest BCUT2D eigenvalue weighted by Crippen LogP contribution is -2.02. The number of nitrogens with zero attached hydrogens (tertiary/aromatic N) is 6. The number of tetrazole rings is 1. The second-order valence-electron chi connectivity index (χ2n) is 6.84. The molecule has 0 bridgehead atoms. The third-order valence-corrected chi connectivity index (χ3v) is 4.44. The molecule has 2 aromatic carbocycles. The van der Waals surface area contributed by atoms with Gasteiger partial charge in [-0.1, -0.05) is 62.4 Å². The van der Waals surface area contributed by atoms with Gasteiger partial charge in [0.05, 0.1) is 6.54 Å². The summed E-state index contributed by atoms with van der Waals surface area (Å²) in [6, 6.07) is 16.7. The second kappa shape index (κ2) is 7.49. The number of benzene rings is 2. The first-order valence-electron chi connectivity index (χ1n) is 8.98. The maximum Gasteiger partial charge on any atom is 0.204 e. The van der Waals surface area contributed by atoms with E-state index in [1.165, 1.54) is 16.7 Å². The van der Waals surface area contributed by atoms with E-state index in [0.717, 1.165) is 24.4 Å². The monoisotopic (exact) mass is 359 g/mol. The normalized spacial score (nSPS) is 11.2. The SMILES string of the molecule is CC(C)c1ncn(Cc2ccc(Cc3ccccc3-c3nn[nH]n3)cc2)n1. The zero-order valence-corrected chi connectivity index (χ0v) is 15.4. The summed E-state index contributed by atoms with van der Waals surface area (Å²) in [5.41, 5.74) is 4.60. The molecule has 2 heterocycles. The van der Waals surface area contributed by atoms with Gasteiger partial charge < -0.3 is 0 Å². The third kappa shape index (κ3) is 3.92. The van der Waals surface area contributed by atoms with Crippen molar-refractivity contribution in [1.82, 2.24) is 35.4 Å². The highest BCUT2D eigenvalue weighted by atomic mass is 15.5. The quantitative estimate of drug-likeness (QED) is 0.571. The molecular formula is C20H21N7. The standard InChI is InChI=1S/C20H21N7/c1-14(2)19-21-13-27(24-19)12-16-9-7-15(8-10-16)11-17-5-3-4-6-18(17)20-22-25-26-23-20/h3-10,13-14H,11-12H2,1-2H3,(H,22,23,25,26). The zero-order valence-electron chi connectivity index (χ0n) is 15.4. The van der Waals surface area contributed by atoms with Crippen molar-refractivity contribution in [3.8, 4) is 11.4 Å². The van der Waals surface area contributed by atoms with Crippen molar-refractivity contribution in [2.24, 2.45) is 0 Å². The summed E-state index contributed by atoms with van der Waals surface area (Å²) in [6.07, 6.45) is 2.61. The van der Waals surface area contributed by atoms with Crippen molar-refractivity contribution in [2.75, 3.05) is 0 Å². The van der Waals surface area contributed by atoms with Crippen molar-refractivity contribution in [3.05, 3.63) is 77.4 Å². The van der Waals surface area contributed by atoms with Crippen molar-refractivity contribution in [1.29, 1.82) is 0 Å². The molecule has 4 aromatic rings. The summed E-state index contributed by atoms with van der Waals surface area (Å²) in [5.74, 6) is 1.84. The number of rotatable bonds is 6. The van der Waals surface area contributed by atoms with Crippen LogP contribution in [-0.2, 0) is 13.0 Å². The molecule has 0 spiro atoms. The van der Waals surface area contributed by atoms with Gasteiger partial charge in [-0.3, -0.25) is 0 Å². The van der Waals surface area contributed by atoms with Gasteiger partial charge >= 0.3 is 0 Å². The van der Waals surface area contributed by atoms with Gasteiger partial charge in [-0.15, -0.1) is 10.2 Å². The largest absolute Gasteiger partial charge is 0.248 e. The highest BCUT2D eigenvalue weighted by Gasteiger charge is 2.10. The fourth-order valence-electron chi connectivity index (χ4n) is 2.99. The van der Waals surface area contributed by atoms with Crippen molar-refractivity contribution in [3.63, 3.8) is 0 Å². The molecule has 136 valence electrons. The van der Waals surface area contributed by atoms with Gasteiger partial charge in [0.2, 0.25) is 5.82 Å². The topological polar surface area (TPSA) is 85.2 Å². The molecule has 2 aromatic heterocycles. The number of H-pyrrole nitrogens is 1. The smallest absolute Gasteiger partial charge is 0.204 e. The Morgan fingerprint density at radius 3 is 2.48 bits per heavy atom. The first-order valence-corrected chi connectivity index (χ1v) is 8.98. The lowest BCUT2D eigenvalue weighted by Gasteiger charge is -2.08. The number of hydrogen-bond acceptors (Lipinski definition) is 5. The van der Waals surface area contributed by atoms with E-state index in [-0.39, 0.29) is 0 Å². The number of aromatic nitrogens is 7. The molecule has 1 N–H and O–H groups in total. The van der Waals surface area contributed by atoms with E-state index in [9.17, 15) is 0 Å². The summed E-state index contributed by atoms with van der Waals surface area (Å²) >= 11 is 0. The highest BCUT2D eigenvalue weighted by Crippen LogP contribution is 2.22. The number of aromatic amines is 1. The summed E-state index contributed by atoms with van der Waals surface area (Å²) < 4.78 is 1.88. The van der Waals surface area contributed by atoms with Crippen molar-refractivity contribution < 1.29 is 0 Å². The van der Waals surface area contributed by atoms with E-state index in [1.54, 1.807) is 6.33 Å². The van der Waals surface area contributed by atoms with E-state index in [2.05, 4.69) is 74.9 Å². The van der Waals surface area contributed by atoms with Crippen LogP contribution in [0.3, 0.4) is 0 Å². The van der Waals surface area contributed by atoms with Gasteiger partial charge in [-0.25, -0.2) is 9.67 Å². The molecule has 0 aliphatic rings. The molecule has 27 heavy (non-hydrogen) atoms. The van der Waals surface area contributed by atoms with Crippen LogP contribution in [0.25, 0.3) is 11.4 Å². The van der Waals surface area contributed by atoms with Crippen LogP contribution in [0.4, 0.5) is 0 Å². The zero-order chi connectivity index (χ0) is 18.6. The summed E-state index contributed by atoms with van der Waals surface area (Å²) in [4.78, 5) is 4.35. The molecule has 0 radical (unpaired) electrons. The lowest BCUT2D eigenvalue weighted by atomic mass is 9.98. The third-order valence-electron chi connectivity index (χ3n) is 4.44. The van der Waals surface area contributed by atoms with Gasteiger partial charge in [-0.2, -0.15) is 10.3 Å². The van der Waals surface area contributed by atoms with Crippen molar-refractivity contribution in [2.45, 2.75) is 32.7 Å². The minimum atomic E-state index is 0.341. The molecular weight excluding hydrogens is 338 g/mol. The lowest BCUT2D eigenvalue weighted by molar-refractivity contribution is 0.656. The Labute approximate surface area is 157 Å². The highest BCUT2D eigenvalue weighted by molar-refractivity contribution is 5.60. The van der Waals surface area contributed by atoms with E-state index in [1.807, 2.05) is 22.9 Å². The Morgan fingerprint density at radius 1 is 1.00 bits per heavy atom. The molecule has 0 saturated carbocycles. The van der Waals surface area contributed by atoms with Gasteiger partial charge in [0, 0.05) is 11.5 Å². The van der Waals surface area contributed by atoms with E-state index >= 15 is 0 Å². The van der Waals surface area contributed by atoms with E-state index in [0.29, 0.717) is 11.7 Å². The van der Waals surface area contributed by atoms with Crippen LogP contribution in [0.1, 0.15) is 42.3 Å².